The Morgan fingerprint density at radius 2 is 1.75 bits per heavy atom. The van der Waals surface area contributed by atoms with Crippen molar-refractivity contribution in [3.8, 4) is 0 Å². The van der Waals surface area contributed by atoms with Gasteiger partial charge in [-0.05, 0) is 48.1 Å². The average molecular weight is 261 g/mol. The minimum atomic E-state index is 0.0376. The smallest absolute Gasteiger partial charge is 0.256 e. The van der Waals surface area contributed by atoms with Crippen molar-refractivity contribution in [1.29, 1.82) is 0 Å². The lowest BCUT2D eigenvalue weighted by Gasteiger charge is -2.06. The highest BCUT2D eigenvalue weighted by Gasteiger charge is 2.30. The Morgan fingerprint density at radius 3 is 2.65 bits per heavy atom. The van der Waals surface area contributed by atoms with E-state index in [9.17, 15) is 4.79 Å². The second kappa shape index (κ2) is 4.07. The van der Waals surface area contributed by atoms with Gasteiger partial charge in [-0.25, -0.2) is 0 Å². The minimum Gasteiger partial charge on any atom is -0.321 e. The third-order valence-electron chi connectivity index (χ3n) is 4.33. The molecule has 1 aliphatic heterocycles. The average Bonchev–Trinajstić information content (AvgIpc) is 2.99. The fourth-order valence-corrected chi connectivity index (χ4v) is 3.38. The summed E-state index contributed by atoms with van der Waals surface area (Å²) in [6, 6.07) is 14.3. The number of rotatable bonds is 0. The predicted octanol–water partition coefficient (Wildman–Crippen LogP) is 3.80. The Bertz CT molecular complexity index is 771. The molecule has 0 saturated carbocycles. The Hall–Kier alpha value is -2.35. The van der Waals surface area contributed by atoms with Crippen LogP contribution < -0.4 is 5.32 Å². The van der Waals surface area contributed by atoms with E-state index in [1.165, 1.54) is 22.3 Å². The molecule has 0 unspecified atom stereocenters. The fraction of sp³-hybridized carbons (Fsp3) is 0.167. The number of anilines is 1. The first-order chi connectivity index (χ1) is 9.75. The summed E-state index contributed by atoms with van der Waals surface area (Å²) in [6.07, 6.45) is 1.99. The molecule has 1 aliphatic carbocycles. The number of hydrogen-bond acceptors (Lipinski definition) is 1. The van der Waals surface area contributed by atoms with Crippen LogP contribution in [0.15, 0.2) is 42.5 Å². The van der Waals surface area contributed by atoms with Crippen LogP contribution in [-0.4, -0.2) is 5.91 Å². The number of benzene rings is 2. The van der Waals surface area contributed by atoms with Crippen molar-refractivity contribution in [2.75, 3.05) is 5.32 Å². The number of hydrogen-bond donors (Lipinski definition) is 1. The van der Waals surface area contributed by atoms with Crippen LogP contribution in [0.4, 0.5) is 5.69 Å². The Kier molecular flexibility index (Phi) is 2.34. The predicted molar refractivity (Wildman–Crippen MR) is 81.4 cm³/mol. The number of carbonyl (C=O) groups excluding carboxylic acids is 1. The van der Waals surface area contributed by atoms with Crippen LogP contribution in [0.5, 0.6) is 0 Å². The molecular formula is C18H15NO. The largest absolute Gasteiger partial charge is 0.321 e. The van der Waals surface area contributed by atoms with Gasteiger partial charge in [-0.1, -0.05) is 36.4 Å². The molecule has 0 fully saturated rings. The number of nitrogens with one attached hydrogen (secondary N) is 1. The zero-order valence-electron chi connectivity index (χ0n) is 11.4. The van der Waals surface area contributed by atoms with Crippen molar-refractivity contribution in [1.82, 2.24) is 0 Å². The van der Waals surface area contributed by atoms with Crippen LogP contribution in [-0.2, 0) is 11.2 Å². The van der Waals surface area contributed by atoms with Crippen molar-refractivity contribution in [3.05, 3.63) is 64.7 Å². The molecular weight excluding hydrogens is 246 g/mol. The zero-order chi connectivity index (χ0) is 13.7. The van der Waals surface area contributed by atoms with E-state index in [0.29, 0.717) is 0 Å². The molecule has 2 aromatic rings. The summed E-state index contributed by atoms with van der Waals surface area (Å²) in [5.74, 6) is 0.0376. The summed E-state index contributed by atoms with van der Waals surface area (Å²) >= 11 is 0. The molecule has 1 amide bonds. The van der Waals surface area contributed by atoms with E-state index in [0.717, 1.165) is 29.7 Å². The second-order valence-electron chi connectivity index (χ2n) is 5.45. The first kappa shape index (κ1) is 11.5. The molecule has 0 radical (unpaired) electrons. The van der Waals surface area contributed by atoms with Crippen molar-refractivity contribution in [2.24, 2.45) is 0 Å². The van der Waals surface area contributed by atoms with Crippen LogP contribution in [0, 0.1) is 6.92 Å². The van der Waals surface area contributed by atoms with E-state index in [1.807, 2.05) is 24.3 Å². The Balaban J connectivity index is 1.99. The maximum absolute atomic E-state index is 12.3. The molecule has 1 N–H and O–H groups in total. The molecule has 0 aromatic heterocycles. The number of para-hydroxylation sites is 1. The third kappa shape index (κ3) is 1.48. The zero-order valence-corrected chi connectivity index (χ0v) is 11.4. The highest BCUT2D eigenvalue weighted by atomic mass is 16.2. The van der Waals surface area contributed by atoms with Gasteiger partial charge in [0.2, 0.25) is 0 Å². The number of amides is 1. The van der Waals surface area contributed by atoms with Crippen LogP contribution >= 0.6 is 0 Å². The highest BCUT2D eigenvalue weighted by molar-refractivity contribution is 6.37. The molecule has 20 heavy (non-hydrogen) atoms. The lowest BCUT2D eigenvalue weighted by atomic mass is 9.96. The summed E-state index contributed by atoms with van der Waals surface area (Å²) in [5, 5.41) is 2.97. The topological polar surface area (TPSA) is 29.1 Å². The van der Waals surface area contributed by atoms with E-state index >= 15 is 0 Å². The highest BCUT2D eigenvalue weighted by Crippen LogP contribution is 2.43. The van der Waals surface area contributed by atoms with E-state index < -0.39 is 0 Å². The van der Waals surface area contributed by atoms with Crippen molar-refractivity contribution >= 4 is 22.7 Å². The van der Waals surface area contributed by atoms with E-state index in [-0.39, 0.29) is 5.91 Å². The molecule has 98 valence electrons. The summed E-state index contributed by atoms with van der Waals surface area (Å²) in [6.45, 7) is 2.15. The van der Waals surface area contributed by atoms with Gasteiger partial charge in [0, 0.05) is 11.3 Å². The number of allylic oxidation sites excluding steroid dienone is 1. The van der Waals surface area contributed by atoms with Crippen LogP contribution in [0.2, 0.25) is 0 Å². The van der Waals surface area contributed by atoms with Gasteiger partial charge in [-0.3, -0.25) is 4.79 Å². The first-order valence-electron chi connectivity index (χ1n) is 6.98. The van der Waals surface area contributed by atoms with E-state index in [4.69, 9.17) is 0 Å². The van der Waals surface area contributed by atoms with Crippen LogP contribution in [0.1, 0.15) is 28.7 Å². The SMILES string of the molecule is Cc1cccc2c1CC/C2=C1\C(=O)Nc2ccccc21. The molecule has 0 saturated heterocycles. The molecule has 2 aliphatic rings. The summed E-state index contributed by atoms with van der Waals surface area (Å²) in [7, 11) is 0. The van der Waals surface area contributed by atoms with Gasteiger partial charge in [0.25, 0.3) is 5.91 Å². The van der Waals surface area contributed by atoms with Gasteiger partial charge >= 0.3 is 0 Å². The molecule has 4 rings (SSSR count). The van der Waals surface area contributed by atoms with E-state index in [1.54, 1.807) is 0 Å². The van der Waals surface area contributed by atoms with Gasteiger partial charge in [0.15, 0.2) is 0 Å². The monoisotopic (exact) mass is 261 g/mol. The normalized spacial score (nSPS) is 19.8. The number of fused-ring (bicyclic) bond motifs is 2. The third-order valence-corrected chi connectivity index (χ3v) is 4.33. The summed E-state index contributed by atoms with van der Waals surface area (Å²) in [4.78, 5) is 12.3. The van der Waals surface area contributed by atoms with E-state index in [2.05, 4.69) is 30.4 Å². The Labute approximate surface area is 118 Å². The molecule has 0 bridgehead atoms. The standard InChI is InChI=1S/C18H15NO/c1-11-5-4-7-13-12(11)9-10-14(13)17-15-6-2-3-8-16(15)19-18(17)20/h2-8H,9-10H2,1H3,(H,19,20)/b17-14+. The molecule has 2 nitrogen and oxygen atoms in total. The molecule has 0 atom stereocenters. The van der Waals surface area contributed by atoms with Gasteiger partial charge in [0.1, 0.15) is 0 Å². The molecule has 1 heterocycles. The number of aryl methyl sites for hydroxylation is 1. The fourth-order valence-electron chi connectivity index (χ4n) is 3.38. The lowest BCUT2D eigenvalue weighted by Crippen LogP contribution is -2.05. The van der Waals surface area contributed by atoms with Gasteiger partial charge < -0.3 is 5.32 Å². The van der Waals surface area contributed by atoms with Crippen molar-refractivity contribution in [3.63, 3.8) is 0 Å². The minimum absolute atomic E-state index is 0.0376. The Morgan fingerprint density at radius 1 is 0.950 bits per heavy atom. The van der Waals surface area contributed by atoms with Crippen molar-refractivity contribution < 1.29 is 4.79 Å². The summed E-state index contributed by atoms with van der Waals surface area (Å²) < 4.78 is 0. The van der Waals surface area contributed by atoms with Gasteiger partial charge in [0.05, 0.1) is 5.57 Å². The van der Waals surface area contributed by atoms with Gasteiger partial charge in [-0.15, -0.1) is 0 Å². The second-order valence-corrected chi connectivity index (χ2v) is 5.45. The maximum Gasteiger partial charge on any atom is 0.256 e. The maximum atomic E-state index is 12.3. The van der Waals surface area contributed by atoms with Crippen LogP contribution in [0.25, 0.3) is 11.1 Å². The first-order valence-corrected chi connectivity index (χ1v) is 6.98. The molecule has 2 heteroatoms. The molecule has 2 aromatic carbocycles. The molecule has 0 spiro atoms. The lowest BCUT2D eigenvalue weighted by molar-refractivity contribution is -0.110. The van der Waals surface area contributed by atoms with Crippen molar-refractivity contribution in [2.45, 2.75) is 19.8 Å². The van der Waals surface area contributed by atoms with Gasteiger partial charge in [-0.2, -0.15) is 0 Å². The van der Waals surface area contributed by atoms with Crippen LogP contribution in [0.3, 0.4) is 0 Å². The number of carbonyl (C=O) groups is 1. The quantitative estimate of drug-likeness (QED) is 0.718. The summed E-state index contributed by atoms with van der Waals surface area (Å²) in [5.41, 5.74) is 8.02.